The second kappa shape index (κ2) is 5.51. The van der Waals surface area contributed by atoms with Gasteiger partial charge in [-0.25, -0.2) is 0 Å². The van der Waals surface area contributed by atoms with E-state index in [2.05, 4.69) is 10.3 Å². The fraction of sp³-hybridized carbons (Fsp3) is 0.0769. The monoisotopic (exact) mass is 262 g/mol. The number of benzene rings is 1. The summed E-state index contributed by atoms with van der Waals surface area (Å²) < 4.78 is 0. The minimum Gasteiger partial charge on any atom is -0.348 e. The molecule has 2 N–H and O–H groups in total. The van der Waals surface area contributed by atoms with Gasteiger partial charge in [-0.2, -0.15) is 0 Å². The molecule has 5 heteroatoms. The zero-order valence-corrected chi connectivity index (χ0v) is 10.2. The van der Waals surface area contributed by atoms with Crippen molar-refractivity contribution >= 4 is 17.5 Å². The smallest absolute Gasteiger partial charge is 0.260 e. The maximum absolute atomic E-state index is 11.7. The highest BCUT2D eigenvalue weighted by Crippen LogP contribution is 2.09. The summed E-state index contributed by atoms with van der Waals surface area (Å²) in [5, 5.41) is 3.32. The van der Waals surface area contributed by atoms with E-state index in [9.17, 15) is 9.59 Å². The maximum Gasteiger partial charge on any atom is 0.260 e. The molecule has 0 fully saturated rings. The molecule has 1 amide bonds. The summed E-state index contributed by atoms with van der Waals surface area (Å²) in [5.41, 5.74) is 0.623. The molecule has 92 valence electrons. The summed E-state index contributed by atoms with van der Waals surface area (Å²) in [4.78, 5) is 25.6. The van der Waals surface area contributed by atoms with Gasteiger partial charge in [-0.3, -0.25) is 9.59 Å². The number of pyridine rings is 1. The lowest BCUT2D eigenvalue weighted by atomic mass is 10.2. The topological polar surface area (TPSA) is 62.0 Å². The second-order valence-corrected chi connectivity index (χ2v) is 4.16. The maximum atomic E-state index is 11.7. The summed E-state index contributed by atoms with van der Waals surface area (Å²) in [6, 6.07) is 10.2. The molecule has 4 nitrogen and oxygen atoms in total. The second-order valence-electron chi connectivity index (χ2n) is 3.72. The van der Waals surface area contributed by atoms with Gasteiger partial charge in [0.1, 0.15) is 5.56 Å². The third kappa shape index (κ3) is 2.99. The number of amides is 1. The van der Waals surface area contributed by atoms with Crippen LogP contribution in [0.25, 0.3) is 0 Å². The molecule has 0 bridgehead atoms. The fourth-order valence-electron chi connectivity index (χ4n) is 1.48. The van der Waals surface area contributed by atoms with Crippen molar-refractivity contribution in [2.75, 3.05) is 0 Å². The number of carbonyl (C=O) groups excluding carboxylic acids is 1. The molecule has 1 aromatic carbocycles. The number of hydrogen-bond donors (Lipinski definition) is 2. The van der Waals surface area contributed by atoms with Gasteiger partial charge < -0.3 is 10.3 Å². The van der Waals surface area contributed by atoms with Crippen molar-refractivity contribution in [3.63, 3.8) is 0 Å². The number of hydrogen-bond acceptors (Lipinski definition) is 2. The Balaban J connectivity index is 2.03. The number of rotatable bonds is 3. The number of halogens is 1. The molecule has 2 rings (SSSR count). The van der Waals surface area contributed by atoms with Crippen LogP contribution < -0.4 is 10.9 Å². The van der Waals surface area contributed by atoms with E-state index in [1.165, 1.54) is 12.3 Å². The molecule has 0 atom stereocenters. The van der Waals surface area contributed by atoms with Crippen molar-refractivity contribution in [3.05, 3.63) is 69.1 Å². The van der Waals surface area contributed by atoms with E-state index in [0.29, 0.717) is 11.6 Å². The van der Waals surface area contributed by atoms with Crippen molar-refractivity contribution < 1.29 is 4.79 Å². The summed E-state index contributed by atoms with van der Waals surface area (Å²) in [5.74, 6) is -0.396. The van der Waals surface area contributed by atoms with Gasteiger partial charge in [-0.05, 0) is 29.8 Å². The summed E-state index contributed by atoms with van der Waals surface area (Å²) in [7, 11) is 0. The van der Waals surface area contributed by atoms with E-state index in [0.717, 1.165) is 5.56 Å². The molecule has 0 saturated heterocycles. The van der Waals surface area contributed by atoms with Crippen molar-refractivity contribution in [1.82, 2.24) is 10.3 Å². The Morgan fingerprint density at radius 2 is 1.94 bits per heavy atom. The molecule has 0 aliphatic carbocycles. The van der Waals surface area contributed by atoms with E-state index in [1.807, 2.05) is 12.1 Å². The predicted octanol–water partition coefficient (Wildman–Crippen LogP) is 1.96. The van der Waals surface area contributed by atoms with Crippen molar-refractivity contribution in [3.8, 4) is 0 Å². The lowest BCUT2D eigenvalue weighted by Gasteiger charge is -2.04. The Bertz CT molecular complexity index is 605. The Kier molecular flexibility index (Phi) is 3.79. The third-order valence-corrected chi connectivity index (χ3v) is 2.68. The number of carbonyl (C=O) groups is 1. The molecule has 0 radical (unpaired) electrons. The Morgan fingerprint density at radius 1 is 1.22 bits per heavy atom. The van der Waals surface area contributed by atoms with Gasteiger partial charge in [0.2, 0.25) is 0 Å². The van der Waals surface area contributed by atoms with Crippen LogP contribution in [0, 0.1) is 0 Å². The van der Waals surface area contributed by atoms with E-state index >= 15 is 0 Å². The van der Waals surface area contributed by atoms with Crippen molar-refractivity contribution in [2.45, 2.75) is 6.54 Å². The molecule has 1 aromatic heterocycles. The van der Waals surface area contributed by atoms with Crippen molar-refractivity contribution in [1.29, 1.82) is 0 Å². The van der Waals surface area contributed by atoms with Crippen LogP contribution in [0.4, 0.5) is 0 Å². The van der Waals surface area contributed by atoms with E-state index in [1.54, 1.807) is 18.2 Å². The third-order valence-electron chi connectivity index (χ3n) is 2.43. The fourth-order valence-corrected chi connectivity index (χ4v) is 1.61. The Hall–Kier alpha value is -2.07. The first-order chi connectivity index (χ1) is 8.66. The van der Waals surface area contributed by atoms with Crippen molar-refractivity contribution in [2.24, 2.45) is 0 Å². The summed E-state index contributed by atoms with van der Waals surface area (Å²) >= 11 is 5.76. The van der Waals surface area contributed by atoms with Gasteiger partial charge in [0, 0.05) is 17.8 Å². The molecular formula is C13H11ClN2O2. The molecule has 0 spiro atoms. The molecule has 0 saturated carbocycles. The first-order valence-corrected chi connectivity index (χ1v) is 5.75. The quantitative estimate of drug-likeness (QED) is 0.888. The lowest BCUT2D eigenvalue weighted by Crippen LogP contribution is -2.28. The Labute approximate surface area is 109 Å². The summed E-state index contributed by atoms with van der Waals surface area (Å²) in [6.45, 7) is 0.352. The first kappa shape index (κ1) is 12.4. The molecule has 1 heterocycles. The Morgan fingerprint density at radius 3 is 2.61 bits per heavy atom. The molecular weight excluding hydrogens is 252 g/mol. The van der Waals surface area contributed by atoms with Gasteiger partial charge >= 0.3 is 0 Å². The standard InChI is InChI=1S/C13H11ClN2O2/c14-10-5-3-9(4-6-10)8-16-13(18)11-2-1-7-15-12(11)17/h1-7H,8H2,(H,15,17)(H,16,18). The SMILES string of the molecule is O=C(NCc1ccc(Cl)cc1)c1ccc[nH]c1=O. The van der Waals surface area contributed by atoms with Crippen LogP contribution >= 0.6 is 11.6 Å². The average molecular weight is 263 g/mol. The minimum atomic E-state index is -0.397. The normalized spacial score (nSPS) is 10.1. The minimum absolute atomic E-state index is 0.103. The largest absolute Gasteiger partial charge is 0.348 e. The first-order valence-electron chi connectivity index (χ1n) is 5.37. The van der Waals surface area contributed by atoms with Gasteiger partial charge in [-0.1, -0.05) is 23.7 Å². The van der Waals surface area contributed by atoms with E-state index < -0.39 is 11.5 Å². The van der Waals surface area contributed by atoms with Gasteiger partial charge in [-0.15, -0.1) is 0 Å². The van der Waals surface area contributed by atoms with Crippen LogP contribution in [-0.4, -0.2) is 10.9 Å². The van der Waals surface area contributed by atoms with Gasteiger partial charge in [0.15, 0.2) is 0 Å². The lowest BCUT2D eigenvalue weighted by molar-refractivity contribution is 0.0949. The van der Waals surface area contributed by atoms with Crippen LogP contribution in [0.1, 0.15) is 15.9 Å². The molecule has 18 heavy (non-hydrogen) atoms. The molecule has 0 aliphatic heterocycles. The van der Waals surface area contributed by atoms with Gasteiger partial charge in [0.25, 0.3) is 11.5 Å². The van der Waals surface area contributed by atoms with Crippen LogP contribution in [0.2, 0.25) is 5.02 Å². The zero-order chi connectivity index (χ0) is 13.0. The number of H-pyrrole nitrogens is 1. The molecule has 2 aromatic rings. The molecule has 0 aliphatic rings. The van der Waals surface area contributed by atoms with Crippen LogP contribution in [0.3, 0.4) is 0 Å². The predicted molar refractivity (Wildman–Crippen MR) is 69.7 cm³/mol. The number of aromatic amines is 1. The number of aromatic nitrogens is 1. The highest BCUT2D eigenvalue weighted by atomic mass is 35.5. The van der Waals surface area contributed by atoms with Crippen LogP contribution in [0.5, 0.6) is 0 Å². The number of nitrogens with one attached hydrogen (secondary N) is 2. The summed E-state index contributed by atoms with van der Waals surface area (Å²) in [6.07, 6.45) is 1.48. The zero-order valence-electron chi connectivity index (χ0n) is 9.44. The average Bonchev–Trinajstić information content (AvgIpc) is 2.38. The molecule has 0 unspecified atom stereocenters. The van der Waals surface area contributed by atoms with E-state index in [-0.39, 0.29) is 5.56 Å². The van der Waals surface area contributed by atoms with Crippen LogP contribution in [0.15, 0.2) is 47.4 Å². The highest BCUT2D eigenvalue weighted by Gasteiger charge is 2.08. The van der Waals surface area contributed by atoms with Gasteiger partial charge in [0.05, 0.1) is 0 Å². The van der Waals surface area contributed by atoms with E-state index in [4.69, 9.17) is 11.6 Å². The highest BCUT2D eigenvalue weighted by molar-refractivity contribution is 6.30. The van der Waals surface area contributed by atoms with Crippen LogP contribution in [-0.2, 0) is 6.54 Å².